The Kier molecular flexibility index (Phi) is 6.76. The standard InChI is InChI=1S/C43H65P2.Pd/c1(2-44(40-16-28-4-29(17-40)6-30(5-28)18-40)41-19-31-7-32(20-41)9-33(8-31)21-41)3-45(42-22-34-10-35(23-42)12-36(11-34)24-42)43-25-37-13-38(26-43)15-39(14-37)27-43;/h2,28-39H,1,3-27H2;. The van der Waals surface area contributed by atoms with Crippen LogP contribution in [0.5, 0.6) is 0 Å². The van der Waals surface area contributed by atoms with Gasteiger partial charge in [0, 0.05) is 0 Å². The monoisotopic (exact) mass is 749 g/mol. The molecule has 0 heterocycles. The molecule has 46 heavy (non-hydrogen) atoms. The zero-order valence-electron chi connectivity index (χ0n) is 29.1. The molecule has 0 amide bonds. The van der Waals surface area contributed by atoms with Crippen molar-refractivity contribution in [2.24, 2.45) is 71.0 Å². The Balaban J connectivity index is 0.910. The molecule has 1 unspecified atom stereocenters. The molecular formula is C43H65P2Pd. The summed E-state index contributed by atoms with van der Waals surface area (Å²) in [5, 5.41) is 3.25. The van der Waals surface area contributed by atoms with Gasteiger partial charge in [-0.3, -0.25) is 0 Å². The molecule has 0 aromatic heterocycles. The van der Waals surface area contributed by atoms with Crippen LogP contribution in [0.2, 0.25) is 0 Å². The summed E-state index contributed by atoms with van der Waals surface area (Å²) in [6, 6.07) is 0. The minimum absolute atomic E-state index is 0.0766. The third-order valence-corrected chi connectivity index (χ3v) is 28.7. The molecule has 1 atom stereocenters. The maximum atomic E-state index is 4.53. The van der Waals surface area contributed by atoms with E-state index in [4.69, 9.17) is 0 Å². The Morgan fingerprint density at radius 1 is 0.370 bits per heavy atom. The van der Waals surface area contributed by atoms with E-state index in [2.05, 4.69) is 19.2 Å². The van der Waals surface area contributed by atoms with Crippen LogP contribution < -0.4 is 0 Å². The molecule has 0 nitrogen and oxygen atoms in total. The van der Waals surface area contributed by atoms with E-state index in [1.807, 2.05) is 0 Å². The second-order valence-corrected chi connectivity index (χ2v) is 30.5. The fourth-order valence-corrected chi connectivity index (χ4v) is 33.8. The van der Waals surface area contributed by atoms with Gasteiger partial charge in [0.15, 0.2) is 0 Å². The molecule has 0 aromatic carbocycles. The summed E-state index contributed by atoms with van der Waals surface area (Å²) in [6.07, 6.45) is 43.5. The van der Waals surface area contributed by atoms with Crippen molar-refractivity contribution in [3.63, 3.8) is 0 Å². The van der Waals surface area contributed by atoms with E-state index in [1.54, 1.807) is 167 Å². The van der Waals surface area contributed by atoms with Crippen LogP contribution >= 0.6 is 15.8 Å². The average molecular weight is 750 g/mol. The topological polar surface area (TPSA) is 0 Å². The van der Waals surface area contributed by atoms with Gasteiger partial charge in [-0.1, -0.05) is 0 Å². The van der Waals surface area contributed by atoms with Gasteiger partial charge in [0.05, 0.1) is 0 Å². The van der Waals surface area contributed by atoms with Crippen LogP contribution in [0.4, 0.5) is 0 Å². The molecule has 16 bridgehead atoms. The average Bonchev–Trinajstić information content (AvgIpc) is 2.94. The van der Waals surface area contributed by atoms with Gasteiger partial charge in [-0.2, -0.15) is 0 Å². The number of hydrogen-bond acceptors (Lipinski definition) is 0. The minimum atomic E-state index is 0.0766. The number of hydrogen-bond donors (Lipinski definition) is 0. The summed E-state index contributed by atoms with van der Waals surface area (Å²) in [7, 11) is 0.231. The van der Waals surface area contributed by atoms with Gasteiger partial charge in [0.2, 0.25) is 0 Å². The Morgan fingerprint density at radius 2 is 0.587 bits per heavy atom. The van der Waals surface area contributed by atoms with Crippen molar-refractivity contribution in [3.05, 3.63) is 0 Å². The van der Waals surface area contributed by atoms with Gasteiger partial charge < -0.3 is 0 Å². The van der Waals surface area contributed by atoms with Crippen LogP contribution in [0.15, 0.2) is 0 Å². The van der Waals surface area contributed by atoms with E-state index in [0.29, 0.717) is 0 Å². The van der Waals surface area contributed by atoms with Crippen LogP contribution in [-0.4, -0.2) is 30.9 Å². The molecule has 16 saturated carbocycles. The van der Waals surface area contributed by atoms with Crippen molar-refractivity contribution >= 4 is 15.8 Å². The molecule has 16 aliphatic rings. The first-order valence-electron chi connectivity index (χ1n) is 21.5. The predicted octanol–water partition coefficient (Wildman–Crippen LogP) is 12.1. The molecule has 0 aromatic rings. The molecule has 0 saturated heterocycles. The Hall–Kier alpha value is 1.52. The first-order chi connectivity index (χ1) is 22.3. The van der Waals surface area contributed by atoms with Gasteiger partial charge >= 0.3 is 297 Å². The molecule has 0 aliphatic heterocycles. The molecule has 0 N–H and O–H groups in total. The number of rotatable bonds is 8. The van der Waals surface area contributed by atoms with E-state index in [0.717, 1.165) is 95.8 Å². The first kappa shape index (κ1) is 30.0. The van der Waals surface area contributed by atoms with Crippen molar-refractivity contribution in [2.75, 3.05) is 6.16 Å². The summed E-state index contributed by atoms with van der Waals surface area (Å²) < 4.78 is 0.929. The van der Waals surface area contributed by atoms with Gasteiger partial charge in [-0.15, -0.1) is 0 Å². The molecule has 257 valence electrons. The second-order valence-electron chi connectivity index (χ2n) is 22.3. The van der Waals surface area contributed by atoms with Crippen molar-refractivity contribution < 1.29 is 19.2 Å². The quantitative estimate of drug-likeness (QED) is 0.171. The van der Waals surface area contributed by atoms with E-state index >= 15 is 0 Å². The molecular weight excluding hydrogens is 685 g/mol. The summed E-state index contributed by atoms with van der Waals surface area (Å²) in [5.74, 6) is 13.6. The molecule has 3 heteroatoms. The normalized spacial score (nSPS) is 61.5. The molecule has 0 radical (unpaired) electrons. The van der Waals surface area contributed by atoms with Crippen molar-refractivity contribution in [1.82, 2.24) is 0 Å². The molecule has 16 aliphatic carbocycles. The van der Waals surface area contributed by atoms with Crippen molar-refractivity contribution in [2.45, 2.75) is 185 Å². The predicted molar refractivity (Wildman–Crippen MR) is 191 cm³/mol. The third kappa shape index (κ3) is 4.44. The second kappa shape index (κ2) is 10.3. The summed E-state index contributed by atoms with van der Waals surface area (Å²) in [4.78, 5) is 0. The van der Waals surface area contributed by atoms with Crippen molar-refractivity contribution in [3.8, 4) is 0 Å². The Labute approximate surface area is 296 Å². The van der Waals surface area contributed by atoms with E-state index in [9.17, 15) is 0 Å². The van der Waals surface area contributed by atoms with Gasteiger partial charge in [-0.05, 0) is 0 Å². The van der Waals surface area contributed by atoms with Crippen LogP contribution in [0.25, 0.3) is 0 Å². The summed E-state index contributed by atoms with van der Waals surface area (Å²) in [5.41, 5.74) is 0. The van der Waals surface area contributed by atoms with Crippen LogP contribution in [-0.2, 0) is 19.2 Å². The van der Waals surface area contributed by atoms with E-state index in [1.165, 1.54) is 0 Å². The van der Waals surface area contributed by atoms with Gasteiger partial charge in [0.1, 0.15) is 0 Å². The third-order valence-electron chi connectivity index (χ3n) is 19.0. The van der Waals surface area contributed by atoms with E-state index in [-0.39, 0.29) is 15.8 Å². The maximum absolute atomic E-state index is 4.53. The zero-order chi connectivity index (χ0) is 30.0. The summed E-state index contributed by atoms with van der Waals surface area (Å²) >= 11 is 4.53. The fourth-order valence-electron chi connectivity index (χ4n) is 19.9. The molecule has 16 fully saturated rings. The Bertz CT molecular complexity index is 1020. The first-order valence-corrected chi connectivity index (χ1v) is 25.3. The SMILES string of the molecule is [Pd][CH](CCP(C12CC3CC(CC(C3)C1)C2)C12CC3CC(CC(C3)C1)C2)P(C12CC3CC(CC(C3)C1)C2)C12CC3CC(CC(C3)C1)C2. The summed E-state index contributed by atoms with van der Waals surface area (Å²) in [6.45, 7) is 0. The van der Waals surface area contributed by atoms with Crippen molar-refractivity contribution in [1.29, 1.82) is 0 Å². The molecule has 16 rings (SSSR count). The molecule has 0 spiro atoms. The zero-order valence-corrected chi connectivity index (χ0v) is 32.4. The van der Waals surface area contributed by atoms with Gasteiger partial charge in [-0.25, -0.2) is 0 Å². The van der Waals surface area contributed by atoms with Gasteiger partial charge in [0.25, 0.3) is 0 Å². The van der Waals surface area contributed by atoms with Crippen LogP contribution in [0, 0.1) is 71.0 Å². The van der Waals surface area contributed by atoms with E-state index < -0.39 is 0 Å². The van der Waals surface area contributed by atoms with Crippen LogP contribution in [0.3, 0.4) is 0 Å². The fraction of sp³-hybridized carbons (Fsp3) is 1.00. The van der Waals surface area contributed by atoms with Crippen LogP contribution in [0.1, 0.15) is 161 Å². The Morgan fingerprint density at radius 3 is 0.826 bits per heavy atom.